The second-order valence-corrected chi connectivity index (χ2v) is 11.2. The fraction of sp³-hybridized carbons (Fsp3) is 0.879. The molecule has 0 aromatic heterocycles. The largest absolute Gasteiger partial charge is 0.339 e. The highest BCUT2D eigenvalue weighted by molar-refractivity contribution is 5.88. The van der Waals surface area contributed by atoms with Crippen LogP contribution in [0.3, 0.4) is 0 Å². The molecule has 0 saturated heterocycles. The molecule has 1 amide bonds. The molecule has 0 aliphatic rings. The summed E-state index contributed by atoms with van der Waals surface area (Å²) in [7, 11) is 0. The van der Waals surface area contributed by atoms with E-state index in [2.05, 4.69) is 39.5 Å². The lowest BCUT2D eigenvalue weighted by molar-refractivity contribution is -0.126. The average molecular weight is 491 g/mol. The number of rotatable bonds is 26. The molecule has 0 aliphatic heterocycles. The first-order valence-electron chi connectivity index (χ1n) is 15.8. The number of allylic oxidation sites excluding steroid dienone is 1. The summed E-state index contributed by atoms with van der Waals surface area (Å²) in [5.74, 6) is 1.46. The van der Waals surface area contributed by atoms with Gasteiger partial charge in [0.15, 0.2) is 0 Å². The van der Waals surface area contributed by atoms with Gasteiger partial charge in [-0.2, -0.15) is 0 Å². The van der Waals surface area contributed by atoms with Gasteiger partial charge in [-0.3, -0.25) is 4.79 Å². The number of carbonyl (C=O) groups is 1. The van der Waals surface area contributed by atoms with Crippen LogP contribution in [-0.2, 0) is 4.79 Å². The van der Waals surface area contributed by atoms with Gasteiger partial charge in [0.05, 0.1) is 0 Å². The molecule has 1 radical (unpaired) electrons. The predicted octanol–water partition coefficient (Wildman–Crippen LogP) is 11.0. The van der Waals surface area contributed by atoms with Crippen molar-refractivity contribution in [2.45, 2.75) is 176 Å². The fourth-order valence-corrected chi connectivity index (χ4v) is 4.69. The standard InChI is InChI=1S/C33H64NO/c1-6-8-10-12-14-16-18-19-21-23-25-27-29-34(33(35)30-32(5)31(3)4)28-26-24-22-20-17-15-13-11-9-7-2/h30H,6-29H2,1-5H3. The molecule has 0 N–H and O–H groups in total. The normalized spacial score (nSPS) is 12.0. The third-order valence-corrected chi connectivity index (χ3v) is 7.50. The lowest BCUT2D eigenvalue weighted by atomic mass is 10.0. The average Bonchev–Trinajstić information content (AvgIpc) is 2.84. The van der Waals surface area contributed by atoms with Crippen LogP contribution in [0.15, 0.2) is 11.6 Å². The Morgan fingerprint density at radius 3 is 1.06 bits per heavy atom. The van der Waals surface area contributed by atoms with Gasteiger partial charge in [-0.1, -0.05) is 162 Å². The van der Waals surface area contributed by atoms with Crippen LogP contribution in [-0.4, -0.2) is 23.9 Å². The molecule has 207 valence electrons. The van der Waals surface area contributed by atoms with E-state index in [1.54, 1.807) is 0 Å². The molecule has 35 heavy (non-hydrogen) atoms. The Kier molecular flexibility index (Phi) is 25.7. The van der Waals surface area contributed by atoms with Crippen LogP contribution in [0.4, 0.5) is 0 Å². The zero-order chi connectivity index (χ0) is 26.0. The second-order valence-electron chi connectivity index (χ2n) is 11.2. The summed E-state index contributed by atoms with van der Waals surface area (Å²) < 4.78 is 0. The third-order valence-electron chi connectivity index (χ3n) is 7.50. The van der Waals surface area contributed by atoms with E-state index < -0.39 is 0 Å². The molecule has 0 bridgehead atoms. The Balaban J connectivity index is 4.05. The van der Waals surface area contributed by atoms with E-state index in [1.165, 1.54) is 134 Å². The van der Waals surface area contributed by atoms with Gasteiger partial charge in [-0.05, 0) is 25.7 Å². The lowest BCUT2D eigenvalue weighted by Gasteiger charge is -2.22. The molecule has 0 aliphatic carbocycles. The van der Waals surface area contributed by atoms with Crippen molar-refractivity contribution in [2.75, 3.05) is 13.1 Å². The number of unbranched alkanes of at least 4 members (excludes halogenated alkanes) is 20. The van der Waals surface area contributed by atoms with E-state index in [1.807, 2.05) is 6.08 Å². The Hall–Kier alpha value is -0.790. The molecule has 0 unspecified atom stereocenters. The number of nitrogens with zero attached hydrogens (tertiary/aromatic N) is 1. The lowest BCUT2D eigenvalue weighted by Crippen LogP contribution is -2.32. The SMILES string of the molecule is CCCCCCCCCCCCCCN(CCCCCCCCCCCC)C(=O)C=C(C)[C](C)C. The fourth-order valence-electron chi connectivity index (χ4n) is 4.69. The van der Waals surface area contributed by atoms with Crippen molar-refractivity contribution in [2.24, 2.45) is 0 Å². The van der Waals surface area contributed by atoms with Crippen molar-refractivity contribution in [1.29, 1.82) is 0 Å². The van der Waals surface area contributed by atoms with E-state index in [0.717, 1.165) is 31.5 Å². The molecule has 0 spiro atoms. The first-order chi connectivity index (χ1) is 17.0. The molecule has 0 aromatic carbocycles. The van der Waals surface area contributed by atoms with Gasteiger partial charge >= 0.3 is 0 Å². The molecule has 2 nitrogen and oxygen atoms in total. The van der Waals surface area contributed by atoms with E-state index in [4.69, 9.17) is 0 Å². The third kappa shape index (κ3) is 23.4. The van der Waals surface area contributed by atoms with Gasteiger partial charge in [0.1, 0.15) is 0 Å². The smallest absolute Gasteiger partial charge is 0.246 e. The summed E-state index contributed by atoms with van der Waals surface area (Å²) >= 11 is 0. The van der Waals surface area contributed by atoms with Crippen molar-refractivity contribution in [3.63, 3.8) is 0 Å². The maximum Gasteiger partial charge on any atom is 0.246 e. The van der Waals surface area contributed by atoms with Gasteiger partial charge in [0, 0.05) is 19.2 Å². The molecular formula is C33H64NO. The molecule has 0 fully saturated rings. The zero-order valence-corrected chi connectivity index (χ0v) is 24.9. The van der Waals surface area contributed by atoms with E-state index in [9.17, 15) is 4.79 Å². The van der Waals surface area contributed by atoms with Crippen molar-refractivity contribution in [3.8, 4) is 0 Å². The predicted molar refractivity (Wildman–Crippen MR) is 158 cm³/mol. The van der Waals surface area contributed by atoms with Gasteiger partial charge in [0.25, 0.3) is 0 Å². The topological polar surface area (TPSA) is 20.3 Å². The molecule has 0 aromatic rings. The van der Waals surface area contributed by atoms with Crippen LogP contribution < -0.4 is 0 Å². The first-order valence-corrected chi connectivity index (χ1v) is 15.8. The van der Waals surface area contributed by atoms with Crippen molar-refractivity contribution in [3.05, 3.63) is 17.6 Å². The van der Waals surface area contributed by atoms with E-state index >= 15 is 0 Å². The zero-order valence-electron chi connectivity index (χ0n) is 24.9. The Labute approximate surface area is 222 Å². The van der Waals surface area contributed by atoms with Crippen LogP contribution in [0, 0.1) is 5.92 Å². The Morgan fingerprint density at radius 1 is 0.486 bits per heavy atom. The minimum atomic E-state index is 0.225. The molecular weight excluding hydrogens is 426 g/mol. The second kappa shape index (κ2) is 26.3. The van der Waals surface area contributed by atoms with Crippen LogP contribution in [0.25, 0.3) is 0 Å². The number of amides is 1. The number of hydrogen-bond donors (Lipinski definition) is 0. The quantitative estimate of drug-likeness (QED) is 0.0871. The number of carbonyl (C=O) groups excluding carboxylic acids is 1. The molecule has 2 heteroatoms. The van der Waals surface area contributed by atoms with Crippen LogP contribution >= 0.6 is 0 Å². The summed E-state index contributed by atoms with van der Waals surface area (Å²) in [5.41, 5.74) is 1.12. The van der Waals surface area contributed by atoms with Gasteiger partial charge < -0.3 is 4.90 Å². The Bertz CT molecular complexity index is 481. The molecule has 0 rings (SSSR count). The van der Waals surface area contributed by atoms with Crippen LogP contribution in [0.5, 0.6) is 0 Å². The minimum Gasteiger partial charge on any atom is -0.339 e. The van der Waals surface area contributed by atoms with Gasteiger partial charge in [-0.15, -0.1) is 0 Å². The van der Waals surface area contributed by atoms with Crippen molar-refractivity contribution < 1.29 is 4.79 Å². The number of hydrogen-bond acceptors (Lipinski definition) is 1. The summed E-state index contributed by atoms with van der Waals surface area (Å²) in [6.07, 6.45) is 31.7. The van der Waals surface area contributed by atoms with Crippen molar-refractivity contribution >= 4 is 5.91 Å². The monoisotopic (exact) mass is 490 g/mol. The first kappa shape index (κ1) is 34.2. The minimum absolute atomic E-state index is 0.225. The molecule has 0 atom stereocenters. The summed E-state index contributed by atoms with van der Waals surface area (Å²) in [5, 5.41) is 0. The maximum atomic E-state index is 12.9. The molecule has 0 saturated carbocycles. The summed E-state index contributed by atoms with van der Waals surface area (Å²) in [6, 6.07) is 0. The Morgan fingerprint density at radius 2 is 0.771 bits per heavy atom. The van der Waals surface area contributed by atoms with Gasteiger partial charge in [-0.25, -0.2) is 0 Å². The molecule has 0 heterocycles. The highest BCUT2D eigenvalue weighted by Crippen LogP contribution is 2.15. The van der Waals surface area contributed by atoms with Gasteiger partial charge in [0.2, 0.25) is 5.91 Å². The summed E-state index contributed by atoms with van der Waals surface area (Å²) in [6.45, 7) is 12.7. The highest BCUT2D eigenvalue weighted by Gasteiger charge is 2.12. The van der Waals surface area contributed by atoms with E-state index in [0.29, 0.717) is 0 Å². The maximum absolute atomic E-state index is 12.9. The summed E-state index contributed by atoms with van der Waals surface area (Å²) in [4.78, 5) is 15.1. The van der Waals surface area contributed by atoms with Crippen LogP contribution in [0.1, 0.15) is 176 Å². The van der Waals surface area contributed by atoms with Crippen molar-refractivity contribution in [1.82, 2.24) is 4.90 Å². The van der Waals surface area contributed by atoms with Crippen LogP contribution in [0.2, 0.25) is 0 Å². The highest BCUT2D eigenvalue weighted by atomic mass is 16.2. The van der Waals surface area contributed by atoms with E-state index in [-0.39, 0.29) is 5.91 Å².